The number of hydrogen-bond donors (Lipinski definition) is 2. The molecule has 0 fully saturated rings. The van der Waals surface area contributed by atoms with E-state index in [0.717, 1.165) is 17.4 Å². The lowest BCUT2D eigenvalue weighted by atomic mass is 9.89. The van der Waals surface area contributed by atoms with Gasteiger partial charge in [-0.15, -0.1) is 0 Å². The molecule has 2 amide bonds. The molecule has 2 N–H and O–H groups in total. The summed E-state index contributed by atoms with van der Waals surface area (Å²) >= 11 is 0. The maximum atomic E-state index is 13.6. The molecule has 40 heavy (non-hydrogen) atoms. The predicted molar refractivity (Wildman–Crippen MR) is 138 cm³/mol. The lowest BCUT2D eigenvalue weighted by Gasteiger charge is -2.36. The summed E-state index contributed by atoms with van der Waals surface area (Å²) in [6.45, 7) is -1.23. The molecule has 5 rings (SSSR count). The van der Waals surface area contributed by atoms with E-state index in [-0.39, 0.29) is 29.4 Å². The van der Waals surface area contributed by atoms with E-state index in [9.17, 15) is 31.2 Å². The Morgan fingerprint density at radius 1 is 1.18 bits per heavy atom. The minimum Gasteiger partial charge on any atom is -0.497 e. The molecular weight excluding hydrogens is 553 g/mol. The number of rotatable bonds is 7. The Hall–Kier alpha value is -4.07. The number of methoxy groups -OCH3 is 1. The van der Waals surface area contributed by atoms with E-state index in [0.29, 0.717) is 24.2 Å². The lowest BCUT2D eigenvalue weighted by molar-refractivity contribution is -0.153. The molecule has 212 valence electrons. The molecule has 10 nitrogen and oxygen atoms in total. The van der Waals surface area contributed by atoms with E-state index < -0.39 is 45.7 Å². The molecule has 1 spiro atoms. The van der Waals surface area contributed by atoms with Gasteiger partial charge in [-0.2, -0.15) is 18.3 Å². The third-order valence-corrected chi connectivity index (χ3v) is 7.56. The van der Waals surface area contributed by atoms with Crippen LogP contribution in [0, 0.1) is 0 Å². The van der Waals surface area contributed by atoms with Crippen molar-refractivity contribution in [3.05, 3.63) is 59.3 Å². The Bertz CT molecular complexity index is 1600. The van der Waals surface area contributed by atoms with Gasteiger partial charge < -0.3 is 20.1 Å². The average molecular weight is 579 g/mol. The number of aryl methyl sites for hydroxylation is 1. The van der Waals surface area contributed by atoms with Gasteiger partial charge in [0.2, 0.25) is 5.91 Å². The number of amides is 2. The molecule has 0 bridgehead atoms. The van der Waals surface area contributed by atoms with Crippen molar-refractivity contribution in [1.82, 2.24) is 15.1 Å². The van der Waals surface area contributed by atoms with Crippen molar-refractivity contribution in [3.8, 4) is 22.8 Å². The normalized spacial score (nSPS) is 18.2. The fourth-order valence-corrected chi connectivity index (χ4v) is 5.69. The maximum Gasteiger partial charge on any atom is 0.422 e. The monoisotopic (exact) mass is 578 g/mol. The van der Waals surface area contributed by atoms with Crippen molar-refractivity contribution in [2.45, 2.75) is 31.1 Å². The van der Waals surface area contributed by atoms with E-state index in [1.807, 2.05) is 0 Å². The summed E-state index contributed by atoms with van der Waals surface area (Å²) in [7, 11) is -2.13. The molecule has 3 aromatic rings. The highest BCUT2D eigenvalue weighted by atomic mass is 32.2. The molecular formula is C26H25F3N4O6S. The number of anilines is 1. The van der Waals surface area contributed by atoms with Gasteiger partial charge in [0.1, 0.15) is 28.6 Å². The minimum atomic E-state index is -4.47. The van der Waals surface area contributed by atoms with Crippen LogP contribution in [-0.4, -0.2) is 61.9 Å². The quantitative estimate of drug-likeness (QED) is 0.441. The third kappa shape index (κ3) is 5.48. The SMILES string of the molecule is COc1ccc(-c2nn3c(c2NC(=O)CS(C)(=O)=O)C(=O)N[C@@]2(CCc4cc(OCC(F)(F)F)ccc42)C3)cc1. The van der Waals surface area contributed by atoms with Gasteiger partial charge in [-0.25, -0.2) is 8.42 Å². The zero-order chi connectivity index (χ0) is 28.9. The Labute approximate surface area is 227 Å². The maximum absolute atomic E-state index is 13.6. The van der Waals surface area contributed by atoms with Gasteiger partial charge in [0, 0.05) is 11.8 Å². The number of ether oxygens (including phenoxy) is 2. The van der Waals surface area contributed by atoms with E-state index in [1.165, 1.54) is 17.9 Å². The predicted octanol–water partition coefficient (Wildman–Crippen LogP) is 3.07. The summed E-state index contributed by atoms with van der Waals surface area (Å²) in [5.41, 5.74) is 1.53. The molecule has 2 aromatic carbocycles. The van der Waals surface area contributed by atoms with Crippen molar-refractivity contribution in [2.75, 3.05) is 31.0 Å². The lowest BCUT2D eigenvalue weighted by Crippen LogP contribution is -2.52. The van der Waals surface area contributed by atoms with Crippen molar-refractivity contribution >= 4 is 27.3 Å². The first-order valence-corrected chi connectivity index (χ1v) is 14.2. The van der Waals surface area contributed by atoms with Gasteiger partial charge in [0.05, 0.1) is 19.2 Å². The van der Waals surface area contributed by atoms with E-state index in [4.69, 9.17) is 9.47 Å². The molecule has 1 aliphatic heterocycles. The first-order chi connectivity index (χ1) is 18.8. The van der Waals surface area contributed by atoms with Crippen LogP contribution in [0.4, 0.5) is 18.9 Å². The Morgan fingerprint density at radius 3 is 2.52 bits per heavy atom. The third-order valence-electron chi connectivity index (χ3n) is 6.78. The topological polar surface area (TPSA) is 129 Å². The number of sulfone groups is 1. The van der Waals surface area contributed by atoms with Crippen LogP contribution in [0.15, 0.2) is 42.5 Å². The number of halogens is 3. The van der Waals surface area contributed by atoms with Crippen LogP contribution in [0.5, 0.6) is 11.5 Å². The van der Waals surface area contributed by atoms with Crippen LogP contribution < -0.4 is 20.1 Å². The van der Waals surface area contributed by atoms with Crippen molar-refractivity contribution in [3.63, 3.8) is 0 Å². The molecule has 0 unspecified atom stereocenters. The number of carbonyl (C=O) groups excluding carboxylic acids is 2. The Balaban J connectivity index is 1.52. The van der Waals surface area contributed by atoms with Crippen molar-refractivity contribution < 1.29 is 40.7 Å². The molecule has 1 aromatic heterocycles. The van der Waals surface area contributed by atoms with E-state index in [2.05, 4.69) is 15.7 Å². The second kappa shape index (κ2) is 9.84. The Kier molecular flexibility index (Phi) is 6.76. The van der Waals surface area contributed by atoms with Gasteiger partial charge in [-0.3, -0.25) is 14.3 Å². The van der Waals surface area contributed by atoms with Gasteiger partial charge >= 0.3 is 6.18 Å². The fraction of sp³-hybridized carbons (Fsp3) is 0.346. The number of hydrogen-bond acceptors (Lipinski definition) is 7. The number of alkyl halides is 3. The van der Waals surface area contributed by atoms with Crippen LogP contribution in [0.25, 0.3) is 11.3 Å². The summed E-state index contributed by atoms with van der Waals surface area (Å²) in [6, 6.07) is 11.4. The zero-order valence-corrected chi connectivity index (χ0v) is 22.3. The summed E-state index contributed by atoms with van der Waals surface area (Å²) in [5.74, 6) is -1.49. The van der Waals surface area contributed by atoms with Gasteiger partial charge in [0.25, 0.3) is 5.91 Å². The average Bonchev–Trinajstić information content (AvgIpc) is 3.39. The summed E-state index contributed by atoms with van der Waals surface area (Å²) in [5, 5.41) is 10.2. The highest BCUT2D eigenvalue weighted by Gasteiger charge is 2.46. The van der Waals surface area contributed by atoms with Crippen molar-refractivity contribution in [2.24, 2.45) is 0 Å². The first kappa shape index (κ1) is 27.5. The standard InChI is InChI=1S/C26H25F3N4O6S/c1-38-17-5-3-15(4-6-17)21-22(30-20(34)12-40(2,36)37)23-24(35)31-25(13-33(23)32-21)10-9-16-11-18(7-8-19(16)25)39-14-26(27,28)29/h3-8,11H,9-10,12-14H2,1-2H3,(H,30,34)(H,31,35)/t25-/m0/s1. The molecule has 1 atom stereocenters. The van der Waals surface area contributed by atoms with E-state index >= 15 is 0 Å². The molecule has 0 radical (unpaired) electrons. The van der Waals surface area contributed by atoms with Gasteiger partial charge in [-0.05, 0) is 60.4 Å². The molecule has 0 saturated carbocycles. The molecule has 0 saturated heterocycles. The highest BCUT2D eigenvalue weighted by Crippen LogP contribution is 2.44. The minimum absolute atomic E-state index is 0.0527. The molecule has 2 heterocycles. The zero-order valence-electron chi connectivity index (χ0n) is 21.5. The number of fused-ring (bicyclic) bond motifs is 3. The summed E-state index contributed by atoms with van der Waals surface area (Å²) < 4.78 is 72.8. The number of benzene rings is 2. The van der Waals surface area contributed by atoms with Crippen LogP contribution >= 0.6 is 0 Å². The van der Waals surface area contributed by atoms with E-state index in [1.54, 1.807) is 36.4 Å². The van der Waals surface area contributed by atoms with Gasteiger partial charge in [0.15, 0.2) is 22.1 Å². The number of nitrogens with zero attached hydrogens (tertiary/aromatic N) is 2. The molecule has 14 heteroatoms. The smallest absolute Gasteiger partial charge is 0.422 e. The second-order valence-corrected chi connectivity index (χ2v) is 12.0. The fourth-order valence-electron chi connectivity index (χ4n) is 5.14. The van der Waals surface area contributed by atoms with Crippen LogP contribution in [0.1, 0.15) is 28.0 Å². The largest absolute Gasteiger partial charge is 0.497 e. The van der Waals surface area contributed by atoms with Crippen LogP contribution in [-0.2, 0) is 33.1 Å². The Morgan fingerprint density at radius 2 is 1.88 bits per heavy atom. The second-order valence-electron chi connectivity index (χ2n) is 9.84. The van der Waals surface area contributed by atoms with Crippen LogP contribution in [0.2, 0.25) is 0 Å². The first-order valence-electron chi connectivity index (χ1n) is 12.2. The number of aromatic nitrogens is 2. The summed E-state index contributed by atoms with van der Waals surface area (Å²) in [6.07, 6.45) is -2.59. The van der Waals surface area contributed by atoms with Gasteiger partial charge in [-0.1, -0.05) is 6.07 Å². The van der Waals surface area contributed by atoms with Crippen LogP contribution in [0.3, 0.4) is 0 Å². The number of nitrogens with one attached hydrogen (secondary N) is 2. The highest BCUT2D eigenvalue weighted by molar-refractivity contribution is 7.91. The summed E-state index contributed by atoms with van der Waals surface area (Å²) in [4.78, 5) is 26.2. The molecule has 2 aliphatic rings. The van der Waals surface area contributed by atoms with Crippen molar-refractivity contribution in [1.29, 1.82) is 0 Å². The molecule has 1 aliphatic carbocycles. The number of carbonyl (C=O) groups is 2.